The molecule has 1 amide bonds. The number of anilines is 1. The summed E-state index contributed by atoms with van der Waals surface area (Å²) in [5, 5.41) is 3.37. The lowest BCUT2D eigenvalue weighted by Gasteiger charge is -2.15. The third-order valence-electron chi connectivity index (χ3n) is 3.27. The van der Waals surface area contributed by atoms with Gasteiger partial charge in [-0.3, -0.25) is 4.79 Å². The summed E-state index contributed by atoms with van der Waals surface area (Å²) >= 11 is 5.98. The van der Waals surface area contributed by atoms with Crippen molar-refractivity contribution in [3.05, 3.63) is 23.2 Å². The molecule has 0 saturated carbocycles. The van der Waals surface area contributed by atoms with E-state index in [1.807, 2.05) is 0 Å². The van der Waals surface area contributed by atoms with Gasteiger partial charge in [-0.05, 0) is 44.0 Å². The highest BCUT2D eigenvalue weighted by Crippen LogP contribution is 2.29. The summed E-state index contributed by atoms with van der Waals surface area (Å²) in [6.07, 6.45) is 3.23. The molecule has 5 nitrogen and oxygen atoms in total. The number of nitrogens with one attached hydrogen (secondary N) is 1. The summed E-state index contributed by atoms with van der Waals surface area (Å²) in [5.41, 5.74) is 5.99. The van der Waals surface area contributed by atoms with E-state index in [2.05, 4.69) is 5.32 Å². The molecule has 0 aliphatic carbocycles. The van der Waals surface area contributed by atoms with Crippen LogP contribution in [0, 0.1) is 0 Å². The van der Waals surface area contributed by atoms with Crippen LogP contribution in [0.5, 0.6) is 5.75 Å². The SMILES string of the molecule is Cl.NCCCC(=O)Nc1cc(Cl)ccc1OCC1CCCO1. The number of nitrogens with two attached hydrogens (primary N) is 1. The second-order valence-electron chi connectivity index (χ2n) is 5.03. The molecule has 1 aromatic carbocycles. The number of rotatable bonds is 7. The first-order valence-corrected chi connectivity index (χ1v) is 7.60. The van der Waals surface area contributed by atoms with Crippen molar-refractivity contribution in [3.63, 3.8) is 0 Å². The summed E-state index contributed by atoms with van der Waals surface area (Å²) < 4.78 is 11.3. The maximum atomic E-state index is 11.8. The van der Waals surface area contributed by atoms with Crippen molar-refractivity contribution in [2.75, 3.05) is 25.1 Å². The molecule has 22 heavy (non-hydrogen) atoms. The minimum Gasteiger partial charge on any atom is -0.489 e. The monoisotopic (exact) mass is 348 g/mol. The van der Waals surface area contributed by atoms with Gasteiger partial charge in [-0.2, -0.15) is 0 Å². The lowest BCUT2D eigenvalue weighted by atomic mass is 10.2. The summed E-state index contributed by atoms with van der Waals surface area (Å²) in [5.74, 6) is 0.515. The van der Waals surface area contributed by atoms with Gasteiger partial charge in [0.25, 0.3) is 0 Å². The minimum atomic E-state index is -0.0929. The molecule has 1 aliphatic heterocycles. The van der Waals surface area contributed by atoms with E-state index in [-0.39, 0.29) is 24.4 Å². The van der Waals surface area contributed by atoms with Crippen LogP contribution in [0.2, 0.25) is 5.02 Å². The Hall–Kier alpha value is -1.01. The van der Waals surface area contributed by atoms with Gasteiger partial charge in [0, 0.05) is 18.1 Å². The molecule has 2 rings (SSSR count). The molecule has 1 unspecified atom stereocenters. The van der Waals surface area contributed by atoms with Gasteiger partial charge in [0.15, 0.2) is 0 Å². The van der Waals surface area contributed by atoms with Crippen molar-refractivity contribution in [1.29, 1.82) is 0 Å². The van der Waals surface area contributed by atoms with Crippen molar-refractivity contribution in [2.24, 2.45) is 5.73 Å². The summed E-state index contributed by atoms with van der Waals surface area (Å²) in [6, 6.07) is 5.19. The van der Waals surface area contributed by atoms with E-state index in [0.29, 0.717) is 42.5 Å². The molecule has 1 atom stereocenters. The number of halogens is 2. The van der Waals surface area contributed by atoms with Crippen molar-refractivity contribution in [2.45, 2.75) is 31.8 Å². The van der Waals surface area contributed by atoms with Crippen molar-refractivity contribution < 1.29 is 14.3 Å². The van der Waals surface area contributed by atoms with Crippen molar-refractivity contribution in [3.8, 4) is 5.75 Å². The normalized spacial score (nSPS) is 16.9. The van der Waals surface area contributed by atoms with Crippen LogP contribution < -0.4 is 15.8 Å². The Bertz CT molecular complexity index is 480. The number of benzene rings is 1. The topological polar surface area (TPSA) is 73.6 Å². The molecule has 7 heteroatoms. The Morgan fingerprint density at radius 1 is 1.50 bits per heavy atom. The summed E-state index contributed by atoms with van der Waals surface area (Å²) in [4.78, 5) is 11.8. The third kappa shape index (κ3) is 6.01. The van der Waals surface area contributed by atoms with E-state index in [4.69, 9.17) is 26.8 Å². The zero-order valence-electron chi connectivity index (χ0n) is 12.3. The van der Waals surface area contributed by atoms with Crippen LogP contribution in [0.4, 0.5) is 5.69 Å². The second-order valence-corrected chi connectivity index (χ2v) is 5.46. The zero-order chi connectivity index (χ0) is 15.1. The third-order valence-corrected chi connectivity index (χ3v) is 3.51. The van der Waals surface area contributed by atoms with Crippen molar-refractivity contribution in [1.82, 2.24) is 0 Å². The Kier molecular flexibility index (Phi) is 8.56. The smallest absolute Gasteiger partial charge is 0.224 e. The van der Waals surface area contributed by atoms with Gasteiger partial charge >= 0.3 is 0 Å². The molecule has 0 spiro atoms. The fourth-order valence-electron chi connectivity index (χ4n) is 2.16. The van der Waals surface area contributed by atoms with E-state index >= 15 is 0 Å². The van der Waals surface area contributed by atoms with Crippen LogP contribution in [-0.4, -0.2) is 31.8 Å². The molecule has 1 fully saturated rings. The van der Waals surface area contributed by atoms with Gasteiger partial charge < -0.3 is 20.5 Å². The number of ether oxygens (including phenoxy) is 2. The number of hydrogen-bond acceptors (Lipinski definition) is 4. The molecule has 0 aromatic heterocycles. The molecule has 1 saturated heterocycles. The van der Waals surface area contributed by atoms with Crippen LogP contribution >= 0.6 is 24.0 Å². The highest BCUT2D eigenvalue weighted by molar-refractivity contribution is 6.31. The molecule has 3 N–H and O–H groups in total. The molecule has 0 radical (unpaired) electrons. The van der Waals surface area contributed by atoms with Crippen LogP contribution in [0.1, 0.15) is 25.7 Å². The number of carbonyl (C=O) groups excluding carboxylic acids is 1. The van der Waals surface area contributed by atoms with Gasteiger partial charge in [-0.1, -0.05) is 11.6 Å². The fraction of sp³-hybridized carbons (Fsp3) is 0.533. The van der Waals surface area contributed by atoms with E-state index in [1.165, 1.54) is 0 Å². The van der Waals surface area contributed by atoms with Crippen LogP contribution in [0.3, 0.4) is 0 Å². The fourth-order valence-corrected chi connectivity index (χ4v) is 2.33. The van der Waals surface area contributed by atoms with Crippen LogP contribution in [0.25, 0.3) is 0 Å². The van der Waals surface area contributed by atoms with Crippen LogP contribution in [-0.2, 0) is 9.53 Å². The lowest BCUT2D eigenvalue weighted by Crippen LogP contribution is -2.18. The molecular formula is C15H22Cl2N2O3. The van der Waals surface area contributed by atoms with Gasteiger partial charge in [0.05, 0.1) is 11.8 Å². The Morgan fingerprint density at radius 2 is 2.32 bits per heavy atom. The molecule has 1 heterocycles. The number of carbonyl (C=O) groups is 1. The van der Waals surface area contributed by atoms with Crippen LogP contribution in [0.15, 0.2) is 18.2 Å². The Morgan fingerprint density at radius 3 is 3.00 bits per heavy atom. The van der Waals surface area contributed by atoms with E-state index in [0.717, 1.165) is 19.4 Å². The predicted octanol–water partition coefficient (Wildman–Crippen LogP) is 3.00. The quantitative estimate of drug-likeness (QED) is 0.794. The molecular weight excluding hydrogens is 327 g/mol. The first-order chi connectivity index (χ1) is 10.2. The first kappa shape index (κ1) is 19.0. The lowest BCUT2D eigenvalue weighted by molar-refractivity contribution is -0.116. The summed E-state index contributed by atoms with van der Waals surface area (Å²) in [7, 11) is 0. The molecule has 1 aromatic rings. The average molecular weight is 349 g/mol. The van der Waals surface area contributed by atoms with E-state index in [9.17, 15) is 4.79 Å². The van der Waals surface area contributed by atoms with E-state index < -0.39 is 0 Å². The second kappa shape index (κ2) is 9.90. The highest BCUT2D eigenvalue weighted by atomic mass is 35.5. The van der Waals surface area contributed by atoms with Gasteiger partial charge in [0.2, 0.25) is 5.91 Å². The Labute approximate surface area is 141 Å². The van der Waals surface area contributed by atoms with Gasteiger partial charge in [-0.15, -0.1) is 12.4 Å². The molecule has 0 bridgehead atoms. The molecule has 124 valence electrons. The number of hydrogen-bond donors (Lipinski definition) is 2. The predicted molar refractivity (Wildman–Crippen MR) is 90.1 cm³/mol. The van der Waals surface area contributed by atoms with E-state index in [1.54, 1.807) is 18.2 Å². The standard InChI is InChI=1S/C15H21ClN2O3.ClH/c16-11-5-6-14(21-10-12-3-2-8-20-12)13(9-11)18-15(19)4-1-7-17;/h5-6,9,12H,1-4,7-8,10,17H2,(H,18,19);1H. The highest BCUT2D eigenvalue weighted by Gasteiger charge is 2.17. The minimum absolute atomic E-state index is 0. The maximum Gasteiger partial charge on any atom is 0.224 e. The maximum absolute atomic E-state index is 11.8. The van der Waals surface area contributed by atoms with Gasteiger partial charge in [-0.25, -0.2) is 0 Å². The Balaban J connectivity index is 0.00000242. The first-order valence-electron chi connectivity index (χ1n) is 7.23. The summed E-state index contributed by atoms with van der Waals surface area (Å²) in [6.45, 7) is 1.76. The average Bonchev–Trinajstić information content (AvgIpc) is 2.97. The van der Waals surface area contributed by atoms with Gasteiger partial charge in [0.1, 0.15) is 12.4 Å². The van der Waals surface area contributed by atoms with Crippen molar-refractivity contribution >= 4 is 35.6 Å². The molecule has 1 aliphatic rings. The zero-order valence-corrected chi connectivity index (χ0v) is 13.9. The largest absolute Gasteiger partial charge is 0.489 e. The number of amides is 1.